The fourth-order valence-electron chi connectivity index (χ4n) is 2.27. The number of primary amides is 1. The Kier molecular flexibility index (Phi) is 5.61. The molecule has 102 valence electrons. The van der Waals surface area contributed by atoms with Crippen molar-refractivity contribution in [1.29, 1.82) is 0 Å². The Morgan fingerprint density at radius 1 is 1.28 bits per heavy atom. The molecule has 0 radical (unpaired) electrons. The zero-order valence-electron chi connectivity index (χ0n) is 10.4. The predicted octanol–water partition coefficient (Wildman–Crippen LogP) is 0.402. The van der Waals surface area contributed by atoms with Crippen molar-refractivity contribution in [2.45, 2.75) is 51.0 Å². The lowest BCUT2D eigenvalue weighted by Gasteiger charge is -2.15. The molecule has 4 N–H and O–H groups in total. The fraction of sp³-hybridized carbons (Fsp3) is 0.750. The summed E-state index contributed by atoms with van der Waals surface area (Å²) in [6.45, 7) is 0. The number of carboxylic acids is 1. The van der Waals surface area contributed by atoms with Crippen LogP contribution in [0.25, 0.3) is 0 Å². The van der Waals surface area contributed by atoms with Gasteiger partial charge in [-0.2, -0.15) is 0 Å². The summed E-state index contributed by atoms with van der Waals surface area (Å²) in [5.41, 5.74) is 4.96. The van der Waals surface area contributed by atoms with Crippen molar-refractivity contribution in [3.8, 4) is 0 Å². The molecule has 0 aliphatic heterocycles. The second-order valence-corrected chi connectivity index (χ2v) is 4.82. The number of hydrogen-bond acceptors (Lipinski definition) is 3. The first kappa shape index (κ1) is 14.5. The molecule has 1 aliphatic rings. The lowest BCUT2D eigenvalue weighted by Crippen LogP contribution is -2.41. The van der Waals surface area contributed by atoms with E-state index in [1.54, 1.807) is 0 Å². The number of nitrogens with one attached hydrogen (secondary N) is 1. The second-order valence-electron chi connectivity index (χ2n) is 4.82. The molecule has 0 aromatic carbocycles. The van der Waals surface area contributed by atoms with Crippen LogP contribution in [0.1, 0.15) is 44.9 Å². The Morgan fingerprint density at radius 3 is 2.39 bits per heavy atom. The average molecular weight is 256 g/mol. The summed E-state index contributed by atoms with van der Waals surface area (Å²) in [7, 11) is 0. The van der Waals surface area contributed by atoms with Crippen LogP contribution in [0.5, 0.6) is 0 Å². The minimum atomic E-state index is -1.13. The number of rotatable bonds is 7. The highest BCUT2D eigenvalue weighted by atomic mass is 16.4. The number of carbonyl (C=O) groups is 3. The minimum absolute atomic E-state index is 0.0410. The first-order valence-electron chi connectivity index (χ1n) is 6.29. The van der Waals surface area contributed by atoms with E-state index in [1.807, 2.05) is 0 Å². The molecule has 0 heterocycles. The van der Waals surface area contributed by atoms with Crippen molar-refractivity contribution in [2.24, 2.45) is 11.7 Å². The summed E-state index contributed by atoms with van der Waals surface area (Å²) in [4.78, 5) is 33.2. The molecular formula is C12H20N2O4. The highest BCUT2D eigenvalue weighted by Gasteiger charge is 2.23. The van der Waals surface area contributed by atoms with Gasteiger partial charge in [0, 0.05) is 12.8 Å². The first-order chi connectivity index (χ1) is 8.49. The highest BCUT2D eigenvalue weighted by Crippen LogP contribution is 2.27. The number of carboxylic acid groups (broad SMARTS) is 1. The number of aliphatic carboxylic acids is 1. The minimum Gasteiger partial charge on any atom is -0.480 e. The van der Waals surface area contributed by atoms with Gasteiger partial charge in [-0.25, -0.2) is 4.79 Å². The Labute approximate surface area is 106 Å². The van der Waals surface area contributed by atoms with Crippen LogP contribution in [0.3, 0.4) is 0 Å². The van der Waals surface area contributed by atoms with Crippen molar-refractivity contribution in [3.63, 3.8) is 0 Å². The zero-order valence-corrected chi connectivity index (χ0v) is 10.4. The van der Waals surface area contributed by atoms with Crippen LogP contribution in [-0.4, -0.2) is 28.9 Å². The largest absolute Gasteiger partial charge is 0.480 e. The molecule has 1 aliphatic carbocycles. The Balaban J connectivity index is 2.36. The highest BCUT2D eigenvalue weighted by molar-refractivity contribution is 5.84. The topological polar surface area (TPSA) is 109 Å². The van der Waals surface area contributed by atoms with Gasteiger partial charge >= 0.3 is 5.97 Å². The molecule has 1 atom stereocenters. The van der Waals surface area contributed by atoms with Gasteiger partial charge in [0.05, 0.1) is 0 Å². The third-order valence-electron chi connectivity index (χ3n) is 3.26. The van der Waals surface area contributed by atoms with Crippen molar-refractivity contribution >= 4 is 17.8 Å². The quantitative estimate of drug-likeness (QED) is 0.612. The van der Waals surface area contributed by atoms with Crippen molar-refractivity contribution < 1.29 is 19.5 Å². The van der Waals surface area contributed by atoms with Gasteiger partial charge in [-0.1, -0.05) is 12.8 Å². The van der Waals surface area contributed by atoms with E-state index in [9.17, 15) is 14.4 Å². The number of carbonyl (C=O) groups excluding carboxylic acids is 2. The molecule has 0 spiro atoms. The molecule has 18 heavy (non-hydrogen) atoms. The van der Waals surface area contributed by atoms with Gasteiger partial charge in [0.25, 0.3) is 0 Å². The Bertz CT molecular complexity index is 324. The van der Waals surface area contributed by atoms with E-state index in [0.29, 0.717) is 12.3 Å². The summed E-state index contributed by atoms with van der Waals surface area (Å²) in [5, 5.41) is 11.4. The van der Waals surface area contributed by atoms with Gasteiger partial charge in [-0.05, 0) is 25.2 Å². The predicted molar refractivity (Wildman–Crippen MR) is 64.6 cm³/mol. The van der Waals surface area contributed by atoms with E-state index >= 15 is 0 Å². The van der Waals surface area contributed by atoms with Crippen LogP contribution in [0.15, 0.2) is 0 Å². The van der Waals surface area contributed by atoms with Crippen LogP contribution < -0.4 is 11.1 Å². The molecule has 0 aromatic rings. The van der Waals surface area contributed by atoms with Gasteiger partial charge in [-0.3, -0.25) is 9.59 Å². The first-order valence-corrected chi connectivity index (χ1v) is 6.29. The van der Waals surface area contributed by atoms with Gasteiger partial charge in [0.2, 0.25) is 11.8 Å². The number of hydrogen-bond donors (Lipinski definition) is 3. The van der Waals surface area contributed by atoms with E-state index in [0.717, 1.165) is 25.7 Å². The molecule has 1 saturated carbocycles. The van der Waals surface area contributed by atoms with E-state index in [1.165, 1.54) is 0 Å². The molecule has 6 heteroatoms. The maximum absolute atomic E-state index is 11.7. The van der Waals surface area contributed by atoms with E-state index in [-0.39, 0.29) is 18.7 Å². The monoisotopic (exact) mass is 256 g/mol. The molecule has 0 bridgehead atoms. The van der Waals surface area contributed by atoms with E-state index in [2.05, 4.69) is 5.32 Å². The summed E-state index contributed by atoms with van der Waals surface area (Å²) in [6.07, 6.45) is 4.73. The molecule has 0 aromatic heterocycles. The molecule has 2 amide bonds. The molecule has 0 unspecified atom stereocenters. The average Bonchev–Trinajstić information content (AvgIpc) is 2.76. The summed E-state index contributed by atoms with van der Waals surface area (Å²) >= 11 is 0. The van der Waals surface area contributed by atoms with E-state index in [4.69, 9.17) is 10.8 Å². The van der Waals surface area contributed by atoms with Gasteiger partial charge in [-0.15, -0.1) is 0 Å². The summed E-state index contributed by atoms with van der Waals surface area (Å²) < 4.78 is 0. The van der Waals surface area contributed by atoms with Crippen LogP contribution in [-0.2, 0) is 14.4 Å². The molecule has 1 rings (SSSR count). The lowest BCUT2D eigenvalue weighted by molar-refractivity contribution is -0.142. The standard InChI is InChI=1S/C12H20N2O4/c13-10(15)6-5-9(12(17)18)14-11(16)7-8-3-1-2-4-8/h8-9H,1-7H2,(H2,13,15)(H,14,16)(H,17,18)/t9-/m1/s1. The van der Waals surface area contributed by atoms with Crippen LogP contribution in [0, 0.1) is 5.92 Å². The molecule has 6 nitrogen and oxygen atoms in total. The molecular weight excluding hydrogens is 236 g/mol. The number of amides is 2. The van der Waals surface area contributed by atoms with Crippen molar-refractivity contribution in [1.82, 2.24) is 5.32 Å². The van der Waals surface area contributed by atoms with Gasteiger partial charge in [0.15, 0.2) is 0 Å². The van der Waals surface area contributed by atoms with Crippen LogP contribution >= 0.6 is 0 Å². The fourth-order valence-corrected chi connectivity index (χ4v) is 2.27. The normalized spacial score (nSPS) is 17.3. The van der Waals surface area contributed by atoms with Crippen molar-refractivity contribution in [3.05, 3.63) is 0 Å². The molecule has 1 fully saturated rings. The second kappa shape index (κ2) is 6.98. The van der Waals surface area contributed by atoms with Crippen LogP contribution in [0.4, 0.5) is 0 Å². The third kappa shape index (κ3) is 5.16. The zero-order chi connectivity index (χ0) is 13.5. The van der Waals surface area contributed by atoms with E-state index < -0.39 is 17.9 Å². The van der Waals surface area contributed by atoms with Crippen molar-refractivity contribution in [2.75, 3.05) is 0 Å². The Hall–Kier alpha value is -1.59. The Morgan fingerprint density at radius 2 is 1.89 bits per heavy atom. The SMILES string of the molecule is NC(=O)CC[C@@H](NC(=O)CC1CCCC1)C(=O)O. The molecule has 0 saturated heterocycles. The maximum Gasteiger partial charge on any atom is 0.326 e. The third-order valence-corrected chi connectivity index (χ3v) is 3.26. The van der Waals surface area contributed by atoms with Gasteiger partial charge in [0.1, 0.15) is 6.04 Å². The maximum atomic E-state index is 11.7. The summed E-state index contributed by atoms with van der Waals surface area (Å²) in [5.74, 6) is -1.57. The lowest BCUT2D eigenvalue weighted by atomic mass is 10.0. The van der Waals surface area contributed by atoms with Gasteiger partial charge < -0.3 is 16.2 Å². The summed E-state index contributed by atoms with van der Waals surface area (Å²) in [6, 6.07) is -1.02. The van der Waals surface area contributed by atoms with Crippen LogP contribution in [0.2, 0.25) is 0 Å². The number of nitrogens with two attached hydrogens (primary N) is 1. The smallest absolute Gasteiger partial charge is 0.326 e.